The van der Waals surface area contributed by atoms with Gasteiger partial charge in [-0.1, -0.05) is 79.3 Å². The Bertz CT molecular complexity index is 1550. The third kappa shape index (κ3) is 5.10. The molecule has 0 bridgehead atoms. The van der Waals surface area contributed by atoms with Crippen molar-refractivity contribution in [3.05, 3.63) is 107 Å². The quantitative estimate of drug-likeness (QED) is 0.189. The number of benzene rings is 3. The number of unbranched alkanes of at least 4 members (excludes halogenated alkanes) is 1. The van der Waals surface area contributed by atoms with E-state index in [0.717, 1.165) is 34.2 Å². The summed E-state index contributed by atoms with van der Waals surface area (Å²) in [6, 6.07) is 21.8. The summed E-state index contributed by atoms with van der Waals surface area (Å²) in [6.07, 6.45) is 4.99. The number of carbonyl (C=O) groups excluding carboxylic acids is 2. The number of rotatable bonds is 9. The molecular weight excluding hydrogens is 496 g/mol. The molecule has 1 amide bonds. The van der Waals surface area contributed by atoms with Crippen molar-refractivity contribution in [2.45, 2.75) is 32.7 Å². The highest BCUT2D eigenvalue weighted by Gasteiger charge is 2.45. The normalized spacial score (nSPS) is 15.7. The maximum absolute atomic E-state index is 13.5. The number of ether oxygens (including phenoxy) is 1. The van der Waals surface area contributed by atoms with E-state index in [-0.39, 0.29) is 5.57 Å². The van der Waals surface area contributed by atoms with E-state index in [1.807, 2.05) is 79.7 Å². The Morgan fingerprint density at radius 1 is 1.11 bits per heavy atom. The molecule has 5 rings (SSSR count). The number of fused-ring (bicyclic) bond motifs is 1. The van der Waals surface area contributed by atoms with Gasteiger partial charge in [0.2, 0.25) is 0 Å². The number of thiazole rings is 1. The summed E-state index contributed by atoms with van der Waals surface area (Å²) in [5.41, 5.74) is 3.34. The van der Waals surface area contributed by atoms with Crippen molar-refractivity contribution in [2.75, 3.05) is 11.5 Å². The van der Waals surface area contributed by atoms with E-state index in [1.165, 1.54) is 22.3 Å². The van der Waals surface area contributed by atoms with Crippen molar-refractivity contribution in [3.8, 4) is 5.75 Å². The molecule has 38 heavy (non-hydrogen) atoms. The minimum Gasteiger partial charge on any atom is -0.503 e. The molecule has 1 aromatic heterocycles. The smallest absolute Gasteiger partial charge is 0.296 e. The van der Waals surface area contributed by atoms with Crippen LogP contribution in [0.4, 0.5) is 5.13 Å². The first kappa shape index (κ1) is 25.4. The number of aromatic nitrogens is 1. The van der Waals surface area contributed by atoms with Crippen LogP contribution < -0.4 is 9.64 Å². The summed E-state index contributed by atoms with van der Waals surface area (Å²) in [5, 5.41) is 11.4. The summed E-state index contributed by atoms with van der Waals surface area (Å²) in [6.45, 7) is 4.66. The molecule has 0 saturated carbocycles. The SMILES string of the molecule is CCCCOc1cccc(C2C(C(=O)C=Cc3ccccc3)=C(O)C(=O)N2c2nc3ccc(C)cc3s2)c1. The molecule has 0 spiro atoms. The lowest BCUT2D eigenvalue weighted by Crippen LogP contribution is -2.30. The number of aliphatic hydroxyl groups is 1. The van der Waals surface area contributed by atoms with E-state index in [4.69, 9.17) is 9.72 Å². The first-order chi connectivity index (χ1) is 18.5. The van der Waals surface area contributed by atoms with Crippen molar-refractivity contribution in [2.24, 2.45) is 0 Å². The van der Waals surface area contributed by atoms with Crippen molar-refractivity contribution >= 4 is 44.5 Å². The zero-order valence-corrected chi connectivity index (χ0v) is 22.1. The standard InChI is InChI=1S/C31H28N2O4S/c1-3-4-17-37-23-12-8-11-22(19-23)28-27(25(34)16-14-21-9-6-5-7-10-21)29(35)30(36)33(28)31-32-24-15-13-20(2)18-26(24)38-31/h5-16,18-19,28,35H,3-4,17H2,1-2H3. The van der Waals surface area contributed by atoms with Gasteiger partial charge in [-0.25, -0.2) is 4.98 Å². The molecule has 1 N–H and O–H groups in total. The highest BCUT2D eigenvalue weighted by molar-refractivity contribution is 7.22. The molecule has 1 unspecified atom stereocenters. The van der Waals surface area contributed by atoms with Crippen LogP contribution in [0, 0.1) is 6.92 Å². The predicted molar refractivity (Wildman–Crippen MR) is 152 cm³/mol. The number of carbonyl (C=O) groups is 2. The van der Waals surface area contributed by atoms with Crippen molar-refractivity contribution in [1.82, 2.24) is 4.98 Å². The van der Waals surface area contributed by atoms with Gasteiger partial charge in [0.15, 0.2) is 16.7 Å². The van der Waals surface area contributed by atoms with Crippen LogP contribution in [-0.4, -0.2) is 28.4 Å². The average molecular weight is 525 g/mol. The maximum atomic E-state index is 13.5. The number of hydrogen-bond acceptors (Lipinski definition) is 6. The van der Waals surface area contributed by atoms with Gasteiger partial charge >= 0.3 is 0 Å². The number of amides is 1. The van der Waals surface area contributed by atoms with Crippen LogP contribution in [0.5, 0.6) is 5.75 Å². The number of aryl methyl sites for hydroxylation is 1. The molecule has 1 atom stereocenters. The van der Waals surface area contributed by atoms with Gasteiger partial charge in [-0.2, -0.15) is 0 Å². The Balaban J connectivity index is 1.58. The second-order valence-corrected chi connectivity index (χ2v) is 10.2. The molecule has 0 fully saturated rings. The largest absolute Gasteiger partial charge is 0.503 e. The van der Waals surface area contributed by atoms with Crippen LogP contribution in [0.2, 0.25) is 0 Å². The molecule has 192 valence electrons. The Kier molecular flexibility index (Phi) is 7.38. The highest BCUT2D eigenvalue weighted by atomic mass is 32.1. The maximum Gasteiger partial charge on any atom is 0.296 e. The Morgan fingerprint density at radius 2 is 1.92 bits per heavy atom. The average Bonchev–Trinajstić information content (AvgIpc) is 3.45. The summed E-state index contributed by atoms with van der Waals surface area (Å²) < 4.78 is 6.83. The van der Waals surface area contributed by atoms with E-state index in [0.29, 0.717) is 23.1 Å². The molecule has 0 aliphatic carbocycles. The molecule has 4 aromatic rings. The van der Waals surface area contributed by atoms with Gasteiger partial charge < -0.3 is 9.84 Å². The zero-order valence-electron chi connectivity index (χ0n) is 21.3. The van der Waals surface area contributed by atoms with Crippen LogP contribution in [0.15, 0.2) is 90.2 Å². The van der Waals surface area contributed by atoms with Gasteiger partial charge in [0.25, 0.3) is 5.91 Å². The van der Waals surface area contributed by atoms with Gasteiger partial charge in [-0.15, -0.1) is 0 Å². The fourth-order valence-corrected chi connectivity index (χ4v) is 5.52. The second kappa shape index (κ2) is 11.0. The number of anilines is 1. The number of nitrogens with zero attached hydrogens (tertiary/aromatic N) is 2. The highest BCUT2D eigenvalue weighted by Crippen LogP contribution is 2.44. The van der Waals surface area contributed by atoms with Crippen LogP contribution in [0.25, 0.3) is 16.3 Å². The van der Waals surface area contributed by atoms with E-state index >= 15 is 0 Å². The molecule has 2 heterocycles. The van der Waals surface area contributed by atoms with Crippen molar-refractivity contribution in [3.63, 3.8) is 0 Å². The van der Waals surface area contributed by atoms with Crippen molar-refractivity contribution in [1.29, 1.82) is 0 Å². The summed E-state index contributed by atoms with van der Waals surface area (Å²) >= 11 is 1.35. The number of aliphatic hydroxyl groups excluding tert-OH is 1. The number of hydrogen-bond donors (Lipinski definition) is 1. The Morgan fingerprint density at radius 3 is 2.71 bits per heavy atom. The van der Waals surface area contributed by atoms with Crippen LogP contribution >= 0.6 is 11.3 Å². The van der Waals surface area contributed by atoms with E-state index in [1.54, 1.807) is 6.08 Å². The topological polar surface area (TPSA) is 79.7 Å². The van der Waals surface area contributed by atoms with Gasteiger partial charge in [-0.3, -0.25) is 14.5 Å². The molecule has 7 heteroatoms. The second-order valence-electron chi connectivity index (χ2n) is 9.19. The predicted octanol–water partition coefficient (Wildman–Crippen LogP) is 6.97. The zero-order chi connectivity index (χ0) is 26.6. The number of ketones is 1. The summed E-state index contributed by atoms with van der Waals surface area (Å²) in [4.78, 5) is 33.1. The molecule has 0 saturated heterocycles. The summed E-state index contributed by atoms with van der Waals surface area (Å²) in [7, 11) is 0. The van der Waals surface area contributed by atoms with Crippen LogP contribution in [-0.2, 0) is 9.59 Å². The van der Waals surface area contributed by atoms with Gasteiger partial charge in [0.05, 0.1) is 28.4 Å². The third-order valence-corrected chi connectivity index (χ3v) is 7.40. The molecule has 6 nitrogen and oxygen atoms in total. The number of allylic oxidation sites excluding steroid dienone is 1. The lowest BCUT2D eigenvalue weighted by atomic mass is 9.95. The minimum absolute atomic E-state index is 0.0170. The van der Waals surface area contributed by atoms with E-state index in [9.17, 15) is 14.7 Å². The fourth-order valence-electron chi connectivity index (χ4n) is 4.43. The van der Waals surface area contributed by atoms with Gasteiger partial charge in [-0.05, 0) is 60.4 Å². The van der Waals surface area contributed by atoms with Crippen molar-refractivity contribution < 1.29 is 19.4 Å². The molecule has 1 aliphatic heterocycles. The summed E-state index contributed by atoms with van der Waals surface area (Å²) in [5.74, 6) is -1.02. The lowest BCUT2D eigenvalue weighted by Gasteiger charge is -2.24. The van der Waals surface area contributed by atoms with Gasteiger partial charge in [0, 0.05) is 0 Å². The Labute approximate surface area is 225 Å². The first-order valence-electron chi connectivity index (χ1n) is 12.6. The third-order valence-electron chi connectivity index (χ3n) is 6.38. The van der Waals surface area contributed by atoms with Crippen LogP contribution in [0.3, 0.4) is 0 Å². The van der Waals surface area contributed by atoms with Crippen LogP contribution in [0.1, 0.15) is 42.5 Å². The van der Waals surface area contributed by atoms with Gasteiger partial charge in [0.1, 0.15) is 5.75 Å². The first-order valence-corrected chi connectivity index (χ1v) is 13.4. The molecule has 0 radical (unpaired) electrons. The molecular formula is C31H28N2O4S. The lowest BCUT2D eigenvalue weighted by molar-refractivity contribution is -0.117. The fraction of sp³-hybridized carbons (Fsp3) is 0.194. The minimum atomic E-state index is -0.855. The molecule has 1 aliphatic rings. The Hall–Kier alpha value is -4.23. The monoisotopic (exact) mass is 524 g/mol. The molecule has 3 aromatic carbocycles. The van der Waals surface area contributed by atoms with E-state index in [2.05, 4.69) is 6.92 Å². The van der Waals surface area contributed by atoms with E-state index < -0.39 is 23.5 Å².